The van der Waals surface area contributed by atoms with Gasteiger partial charge < -0.3 is 5.32 Å². The molecule has 3 aromatic heterocycles. The van der Waals surface area contributed by atoms with Crippen LogP contribution in [0, 0.1) is 23.3 Å². The van der Waals surface area contributed by atoms with Crippen molar-refractivity contribution >= 4 is 55.2 Å². The van der Waals surface area contributed by atoms with Crippen LogP contribution in [0.1, 0.15) is 47.2 Å². The molecule has 0 fully saturated rings. The predicted octanol–water partition coefficient (Wildman–Crippen LogP) is 5.58. The Morgan fingerprint density at radius 1 is 1.00 bits per heavy atom. The van der Waals surface area contributed by atoms with Crippen LogP contribution in [-0.2, 0) is 47.7 Å². The number of amides is 1. The van der Waals surface area contributed by atoms with Crippen LogP contribution < -0.4 is 15.6 Å². The second-order valence-electron chi connectivity index (χ2n) is 12.8. The normalized spacial score (nSPS) is 13.6. The molecule has 20 heteroatoms. The average Bonchev–Trinajstić information content (AvgIpc) is 3.76. The van der Waals surface area contributed by atoms with E-state index in [2.05, 4.69) is 25.2 Å². The molecule has 0 aliphatic heterocycles. The van der Waals surface area contributed by atoms with Crippen LogP contribution >= 0.6 is 11.6 Å². The lowest BCUT2D eigenvalue weighted by molar-refractivity contribution is -0.122. The molecular weight excluding hydrogens is 766 g/mol. The number of aryl methyl sites for hydroxylation is 1. The van der Waals surface area contributed by atoms with Gasteiger partial charge in [0.25, 0.3) is 12.0 Å². The first-order chi connectivity index (χ1) is 25.5. The number of nitrogens with one attached hydrogen (secondary N) is 2. The van der Waals surface area contributed by atoms with Gasteiger partial charge in [-0.3, -0.25) is 28.2 Å². The fraction of sp³-hybridized carbons (Fsp3) is 0.265. The van der Waals surface area contributed by atoms with E-state index in [0.717, 1.165) is 33.7 Å². The topological polar surface area (TPSA) is 146 Å². The van der Waals surface area contributed by atoms with Gasteiger partial charge in [-0.2, -0.15) is 10.2 Å². The average molecular weight is 793 g/mol. The summed E-state index contributed by atoms with van der Waals surface area (Å²) in [5.74, 6) is -5.81. The molecule has 0 spiro atoms. The summed E-state index contributed by atoms with van der Waals surface area (Å²) >= 11 is 6.51. The Kier molecular flexibility index (Phi) is 9.41. The van der Waals surface area contributed by atoms with Crippen LogP contribution in [0.5, 0.6) is 0 Å². The molecule has 6 aromatic rings. The Morgan fingerprint density at radius 3 is 2.39 bits per heavy atom. The van der Waals surface area contributed by atoms with Crippen molar-refractivity contribution in [1.82, 2.24) is 34.4 Å². The number of carbonyl (C=O) groups is 1. The van der Waals surface area contributed by atoms with Crippen molar-refractivity contribution in [3.8, 4) is 5.69 Å². The van der Waals surface area contributed by atoms with Crippen molar-refractivity contribution in [3.63, 3.8) is 0 Å². The van der Waals surface area contributed by atoms with Crippen molar-refractivity contribution in [3.05, 3.63) is 109 Å². The zero-order valence-corrected chi connectivity index (χ0v) is 29.7. The van der Waals surface area contributed by atoms with E-state index < -0.39 is 92.6 Å². The number of halogens is 7. The van der Waals surface area contributed by atoms with E-state index in [9.17, 15) is 40.0 Å². The van der Waals surface area contributed by atoms with E-state index in [0.29, 0.717) is 42.7 Å². The second kappa shape index (κ2) is 13.8. The third-order valence-electron chi connectivity index (χ3n) is 8.90. The lowest BCUT2D eigenvalue weighted by atomic mass is 10.0. The summed E-state index contributed by atoms with van der Waals surface area (Å²) in [4.78, 5) is 32.7. The molecule has 0 unspecified atom stereocenters. The van der Waals surface area contributed by atoms with E-state index in [4.69, 9.17) is 11.6 Å². The smallest absolute Gasteiger partial charge is 0.282 e. The molecule has 2 N–H and O–H groups in total. The number of alkyl halides is 2. The number of hydrogen-bond acceptors (Lipinski definition) is 7. The lowest BCUT2D eigenvalue weighted by Crippen LogP contribution is -2.38. The maximum atomic E-state index is 15.4. The Labute approximate surface area is 306 Å². The molecular formula is C34H27ClF6N8O4S. The Morgan fingerprint density at radius 2 is 1.70 bits per heavy atom. The Balaban J connectivity index is 1.46. The number of sulfonamides is 1. The Hall–Kier alpha value is -5.43. The van der Waals surface area contributed by atoms with Crippen molar-refractivity contribution in [1.29, 1.82) is 0 Å². The third-order valence-corrected chi connectivity index (χ3v) is 9.78. The van der Waals surface area contributed by atoms with Gasteiger partial charge in [0.05, 0.1) is 39.3 Å². The van der Waals surface area contributed by atoms with Crippen molar-refractivity contribution in [2.75, 3.05) is 11.0 Å². The van der Waals surface area contributed by atoms with Crippen LogP contribution in [0.4, 0.5) is 32.2 Å². The number of aromatic nitrogens is 6. The first-order valence-corrected chi connectivity index (χ1v) is 18.4. The molecule has 0 radical (unpaired) electrons. The first kappa shape index (κ1) is 36.9. The molecule has 0 saturated heterocycles. The van der Waals surface area contributed by atoms with E-state index in [1.165, 1.54) is 23.9 Å². The molecule has 3 heterocycles. The minimum atomic E-state index is -3.91. The molecule has 1 amide bonds. The number of hydrogen-bond donors (Lipinski definition) is 2. The summed E-state index contributed by atoms with van der Waals surface area (Å²) in [6.07, 6.45) is -1.21. The molecule has 54 heavy (non-hydrogen) atoms. The van der Waals surface area contributed by atoms with Crippen molar-refractivity contribution in [2.24, 2.45) is 7.05 Å². The van der Waals surface area contributed by atoms with Crippen molar-refractivity contribution in [2.45, 2.75) is 44.7 Å². The number of anilines is 1. The molecule has 282 valence electrons. The monoisotopic (exact) mass is 792 g/mol. The fourth-order valence-electron chi connectivity index (χ4n) is 6.88. The molecule has 0 bridgehead atoms. The molecule has 0 saturated carbocycles. The van der Waals surface area contributed by atoms with Crippen LogP contribution in [0.2, 0.25) is 5.02 Å². The van der Waals surface area contributed by atoms with E-state index in [-0.39, 0.29) is 33.0 Å². The van der Waals surface area contributed by atoms with Crippen LogP contribution in [-0.4, -0.2) is 49.7 Å². The largest absolute Gasteiger partial charge is 0.344 e. The minimum absolute atomic E-state index is 0.0107. The zero-order chi connectivity index (χ0) is 38.8. The molecule has 3 aromatic carbocycles. The number of fused-ring (bicyclic) bond motifs is 3. The number of benzene rings is 3. The summed E-state index contributed by atoms with van der Waals surface area (Å²) < 4.78 is 116. The van der Waals surface area contributed by atoms with Gasteiger partial charge in [0.15, 0.2) is 11.6 Å². The summed E-state index contributed by atoms with van der Waals surface area (Å²) in [6, 6.07) is 4.87. The summed E-state index contributed by atoms with van der Waals surface area (Å²) in [6.45, 7) is -0.589. The maximum absolute atomic E-state index is 15.4. The molecule has 1 atom stereocenters. The highest BCUT2D eigenvalue weighted by Gasteiger charge is 2.31. The van der Waals surface area contributed by atoms with Gasteiger partial charge in [0.2, 0.25) is 15.9 Å². The van der Waals surface area contributed by atoms with Gasteiger partial charge in [-0.25, -0.2) is 39.7 Å². The fourth-order valence-corrected chi connectivity index (χ4v) is 7.61. The van der Waals surface area contributed by atoms with Crippen LogP contribution in [0.25, 0.3) is 27.5 Å². The van der Waals surface area contributed by atoms with E-state index in [1.807, 2.05) is 0 Å². The van der Waals surface area contributed by atoms with Gasteiger partial charge in [0, 0.05) is 36.9 Å². The third kappa shape index (κ3) is 6.88. The predicted molar refractivity (Wildman–Crippen MR) is 185 cm³/mol. The van der Waals surface area contributed by atoms with Crippen LogP contribution in [0.3, 0.4) is 0 Å². The van der Waals surface area contributed by atoms with Gasteiger partial charge in [-0.1, -0.05) is 11.6 Å². The first-order valence-electron chi connectivity index (χ1n) is 16.1. The minimum Gasteiger partial charge on any atom is -0.344 e. The van der Waals surface area contributed by atoms with Gasteiger partial charge in [-0.05, 0) is 55.2 Å². The number of rotatable bonds is 10. The van der Waals surface area contributed by atoms with Crippen molar-refractivity contribution < 1.29 is 39.6 Å². The summed E-state index contributed by atoms with van der Waals surface area (Å²) in [7, 11) is -2.51. The van der Waals surface area contributed by atoms with E-state index >= 15 is 4.39 Å². The molecule has 1 aliphatic carbocycles. The summed E-state index contributed by atoms with van der Waals surface area (Å²) in [5.41, 5.74) is -1.46. The van der Waals surface area contributed by atoms with Crippen LogP contribution in [0.15, 0.2) is 47.3 Å². The van der Waals surface area contributed by atoms with Gasteiger partial charge in [-0.15, -0.1) is 0 Å². The second-order valence-corrected chi connectivity index (χ2v) is 14.9. The molecule has 1 aliphatic rings. The van der Waals surface area contributed by atoms with Gasteiger partial charge in [0.1, 0.15) is 41.0 Å². The number of carbonyl (C=O) groups excluding carboxylic acids is 1. The summed E-state index contributed by atoms with van der Waals surface area (Å²) in [5, 5.41) is 10.3. The number of nitrogens with zero attached hydrogens (tertiary/aromatic N) is 6. The highest BCUT2D eigenvalue weighted by atomic mass is 35.5. The molecule has 7 rings (SSSR count). The Bertz CT molecular complexity index is 2680. The van der Waals surface area contributed by atoms with Gasteiger partial charge >= 0.3 is 0 Å². The zero-order valence-electron chi connectivity index (χ0n) is 28.1. The SMILES string of the molecule is Cn1nc(NS(C)(=O)=O)c2c(Cl)ccc(-n3c([C@H](Cc4cc(F)cc(F)c4)NC(=O)Cn4nc(C(F)F)c5c4CCC5)nc4c(F)cc(F)cc4c3=O)c21. The standard InChI is InChI=1S/C34H27ClF6N8O4S/c1-47-30-25(7-6-21(35)27(30)32(45-47)46-54(2,52)53)49-33(43-28-20(34(49)51)12-18(38)13-22(28)39)23(10-15-8-16(36)11-17(37)9-15)42-26(50)14-48-24-5-3-4-19(24)29(44-48)31(40)41/h6-9,11-13,23,31H,3-5,10,14H2,1-2H3,(H,42,50)(H,45,46)/t23-/m0/s1. The van der Waals surface area contributed by atoms with E-state index in [1.54, 1.807) is 0 Å². The lowest BCUT2D eigenvalue weighted by Gasteiger charge is -2.24. The highest BCUT2D eigenvalue weighted by molar-refractivity contribution is 7.92. The highest BCUT2D eigenvalue weighted by Crippen LogP contribution is 2.36. The quantitative estimate of drug-likeness (QED) is 0.173. The maximum Gasteiger partial charge on any atom is 0.282 e. The molecule has 12 nitrogen and oxygen atoms in total.